The molecule has 112 valence electrons. The molecular weight excluding hydrogens is 294 g/mol. The van der Waals surface area contributed by atoms with Crippen molar-refractivity contribution in [3.8, 4) is 17.0 Å². The van der Waals surface area contributed by atoms with Crippen LogP contribution < -0.4 is 10.2 Å². The molecule has 0 spiro atoms. The van der Waals surface area contributed by atoms with Crippen LogP contribution in [-0.4, -0.2) is 24.2 Å². The largest absolute Gasteiger partial charge is 0.508 e. The Labute approximate surface area is 133 Å². The van der Waals surface area contributed by atoms with Crippen LogP contribution in [0.15, 0.2) is 53.9 Å². The number of aromatic nitrogens is 1. The molecule has 0 saturated carbocycles. The molecule has 0 unspecified atom stereocenters. The van der Waals surface area contributed by atoms with Crippen LogP contribution in [-0.2, 0) is 0 Å². The normalized spacial score (nSPS) is 10.5. The van der Waals surface area contributed by atoms with Crippen molar-refractivity contribution >= 4 is 27.8 Å². The first-order chi connectivity index (χ1) is 10.6. The molecule has 1 heterocycles. The van der Waals surface area contributed by atoms with Gasteiger partial charge >= 0.3 is 0 Å². The van der Waals surface area contributed by atoms with E-state index in [1.54, 1.807) is 23.5 Å². The highest BCUT2D eigenvalue weighted by molar-refractivity contribution is 7.14. The lowest BCUT2D eigenvalue weighted by Crippen LogP contribution is -2.08. The van der Waals surface area contributed by atoms with Crippen LogP contribution >= 0.6 is 11.3 Å². The van der Waals surface area contributed by atoms with Crippen LogP contribution in [0, 0.1) is 0 Å². The Bertz CT molecular complexity index is 748. The Morgan fingerprint density at radius 1 is 1.00 bits per heavy atom. The summed E-state index contributed by atoms with van der Waals surface area (Å²) in [6.45, 7) is 0. The smallest absolute Gasteiger partial charge is 0.187 e. The summed E-state index contributed by atoms with van der Waals surface area (Å²) in [6.07, 6.45) is 0. The summed E-state index contributed by atoms with van der Waals surface area (Å²) < 4.78 is 0. The summed E-state index contributed by atoms with van der Waals surface area (Å²) in [5, 5.41) is 15.5. The van der Waals surface area contributed by atoms with E-state index in [4.69, 9.17) is 0 Å². The van der Waals surface area contributed by atoms with Gasteiger partial charge in [0.05, 0.1) is 5.69 Å². The van der Waals surface area contributed by atoms with Gasteiger partial charge in [-0.3, -0.25) is 0 Å². The van der Waals surface area contributed by atoms with Crippen LogP contribution in [0.4, 0.5) is 16.5 Å². The second-order valence-corrected chi connectivity index (χ2v) is 6.01. The van der Waals surface area contributed by atoms with E-state index in [0.29, 0.717) is 0 Å². The molecule has 0 saturated heterocycles. The van der Waals surface area contributed by atoms with E-state index >= 15 is 0 Å². The number of hydrogen-bond donors (Lipinski definition) is 2. The van der Waals surface area contributed by atoms with E-state index in [-0.39, 0.29) is 5.75 Å². The number of anilines is 3. The number of rotatable bonds is 4. The maximum absolute atomic E-state index is 9.33. The number of phenols is 1. The van der Waals surface area contributed by atoms with E-state index in [0.717, 1.165) is 27.8 Å². The van der Waals surface area contributed by atoms with Crippen molar-refractivity contribution in [2.75, 3.05) is 24.3 Å². The van der Waals surface area contributed by atoms with Crippen molar-refractivity contribution in [1.82, 2.24) is 4.98 Å². The first-order valence-corrected chi connectivity index (χ1v) is 7.79. The molecular formula is C17H17N3OS. The summed E-state index contributed by atoms with van der Waals surface area (Å²) in [7, 11) is 4.04. The Hall–Kier alpha value is -2.53. The molecule has 0 fully saturated rings. The summed E-state index contributed by atoms with van der Waals surface area (Å²) in [5.74, 6) is 0.262. The van der Waals surface area contributed by atoms with Gasteiger partial charge in [0.2, 0.25) is 0 Å². The van der Waals surface area contributed by atoms with Crippen molar-refractivity contribution in [1.29, 1.82) is 0 Å². The van der Waals surface area contributed by atoms with Gasteiger partial charge in [0.15, 0.2) is 5.13 Å². The van der Waals surface area contributed by atoms with Crippen LogP contribution in [0.2, 0.25) is 0 Å². The van der Waals surface area contributed by atoms with Gasteiger partial charge in [0, 0.05) is 36.4 Å². The topological polar surface area (TPSA) is 48.4 Å². The van der Waals surface area contributed by atoms with Gasteiger partial charge in [-0.15, -0.1) is 11.3 Å². The number of nitrogens with zero attached hydrogens (tertiary/aromatic N) is 2. The molecule has 0 amide bonds. The third-order valence-corrected chi connectivity index (χ3v) is 4.06. The first kappa shape index (κ1) is 14.4. The molecule has 0 atom stereocenters. The van der Waals surface area contributed by atoms with E-state index in [1.165, 1.54) is 0 Å². The van der Waals surface area contributed by atoms with Crippen LogP contribution in [0.3, 0.4) is 0 Å². The molecule has 2 aromatic carbocycles. The molecule has 3 aromatic rings. The number of aromatic hydroxyl groups is 1. The predicted octanol–water partition coefficient (Wildman–Crippen LogP) is 4.33. The lowest BCUT2D eigenvalue weighted by atomic mass is 10.2. The van der Waals surface area contributed by atoms with Crippen molar-refractivity contribution in [3.63, 3.8) is 0 Å². The standard InChI is InChI=1S/C17H17N3OS/c1-20(2)14-7-5-13(6-8-14)18-17-19-16(11-22-17)12-3-9-15(21)10-4-12/h3-11,21H,1-2H3,(H,18,19). The highest BCUT2D eigenvalue weighted by Gasteiger charge is 2.05. The Morgan fingerprint density at radius 2 is 1.68 bits per heavy atom. The van der Waals surface area contributed by atoms with E-state index in [9.17, 15) is 5.11 Å². The van der Waals surface area contributed by atoms with Crippen LogP contribution in [0.5, 0.6) is 5.75 Å². The third-order valence-electron chi connectivity index (χ3n) is 3.30. The molecule has 22 heavy (non-hydrogen) atoms. The van der Waals surface area contributed by atoms with E-state index in [2.05, 4.69) is 27.3 Å². The van der Waals surface area contributed by atoms with Crippen molar-refractivity contribution < 1.29 is 5.11 Å². The summed E-state index contributed by atoms with van der Waals surface area (Å²) >= 11 is 1.56. The maximum atomic E-state index is 9.33. The molecule has 4 nitrogen and oxygen atoms in total. The minimum Gasteiger partial charge on any atom is -0.508 e. The number of phenolic OH excluding ortho intramolecular Hbond substituents is 1. The van der Waals surface area contributed by atoms with Crippen molar-refractivity contribution in [3.05, 3.63) is 53.9 Å². The number of thiazole rings is 1. The fourth-order valence-corrected chi connectivity index (χ4v) is 2.80. The van der Waals surface area contributed by atoms with Crippen molar-refractivity contribution in [2.24, 2.45) is 0 Å². The van der Waals surface area contributed by atoms with Gasteiger partial charge in [-0.1, -0.05) is 0 Å². The molecule has 5 heteroatoms. The van der Waals surface area contributed by atoms with Crippen molar-refractivity contribution in [2.45, 2.75) is 0 Å². The second-order valence-electron chi connectivity index (χ2n) is 5.15. The van der Waals surface area contributed by atoms with Gasteiger partial charge in [0.25, 0.3) is 0 Å². The summed E-state index contributed by atoms with van der Waals surface area (Å²) in [6, 6.07) is 15.3. The Kier molecular flexibility index (Phi) is 3.98. The van der Waals surface area contributed by atoms with Gasteiger partial charge in [-0.25, -0.2) is 4.98 Å². The first-order valence-electron chi connectivity index (χ1n) is 6.91. The zero-order valence-corrected chi connectivity index (χ0v) is 13.3. The third kappa shape index (κ3) is 3.20. The second kappa shape index (κ2) is 6.07. The fourth-order valence-electron chi connectivity index (χ4n) is 2.06. The molecule has 0 radical (unpaired) electrons. The fraction of sp³-hybridized carbons (Fsp3) is 0.118. The molecule has 1 aromatic heterocycles. The van der Waals surface area contributed by atoms with Gasteiger partial charge in [-0.2, -0.15) is 0 Å². The zero-order chi connectivity index (χ0) is 15.5. The minimum absolute atomic E-state index is 0.262. The molecule has 0 bridgehead atoms. The highest BCUT2D eigenvalue weighted by atomic mass is 32.1. The molecule has 0 aliphatic rings. The minimum atomic E-state index is 0.262. The van der Waals surface area contributed by atoms with E-state index < -0.39 is 0 Å². The number of hydrogen-bond acceptors (Lipinski definition) is 5. The highest BCUT2D eigenvalue weighted by Crippen LogP contribution is 2.28. The predicted molar refractivity (Wildman–Crippen MR) is 93.3 cm³/mol. The van der Waals surface area contributed by atoms with Crippen LogP contribution in [0.1, 0.15) is 0 Å². The Balaban J connectivity index is 1.75. The molecule has 0 aliphatic carbocycles. The average molecular weight is 311 g/mol. The molecule has 2 N–H and O–H groups in total. The number of nitrogens with one attached hydrogen (secondary N) is 1. The molecule has 3 rings (SSSR count). The van der Waals surface area contributed by atoms with Gasteiger partial charge in [-0.05, 0) is 48.5 Å². The average Bonchev–Trinajstić information content (AvgIpc) is 2.97. The molecule has 0 aliphatic heterocycles. The zero-order valence-electron chi connectivity index (χ0n) is 12.4. The van der Waals surface area contributed by atoms with Gasteiger partial charge in [0.1, 0.15) is 5.75 Å². The number of benzene rings is 2. The van der Waals surface area contributed by atoms with Gasteiger partial charge < -0.3 is 15.3 Å². The maximum Gasteiger partial charge on any atom is 0.187 e. The lowest BCUT2D eigenvalue weighted by molar-refractivity contribution is 0.475. The summed E-state index contributed by atoms with van der Waals surface area (Å²) in [4.78, 5) is 6.64. The van der Waals surface area contributed by atoms with E-state index in [1.807, 2.05) is 43.7 Å². The Morgan fingerprint density at radius 3 is 2.32 bits per heavy atom. The van der Waals surface area contributed by atoms with Crippen LogP contribution in [0.25, 0.3) is 11.3 Å². The lowest BCUT2D eigenvalue weighted by Gasteiger charge is -2.12. The quantitative estimate of drug-likeness (QED) is 0.753. The summed E-state index contributed by atoms with van der Waals surface area (Å²) in [5.41, 5.74) is 4.06. The monoisotopic (exact) mass is 311 g/mol. The SMILES string of the molecule is CN(C)c1ccc(Nc2nc(-c3ccc(O)cc3)cs2)cc1.